The number of hydrogen-bond acceptors (Lipinski definition) is 4. The summed E-state index contributed by atoms with van der Waals surface area (Å²) in [6.07, 6.45) is 0.170. The summed E-state index contributed by atoms with van der Waals surface area (Å²) in [5.74, 6) is -0.913. The van der Waals surface area contributed by atoms with Gasteiger partial charge >= 0.3 is 5.97 Å². The maximum absolute atomic E-state index is 12.8. The Morgan fingerprint density at radius 2 is 2.13 bits per heavy atom. The van der Waals surface area contributed by atoms with Crippen LogP contribution in [0.15, 0.2) is 10.9 Å². The first-order chi connectivity index (χ1) is 10.8. The molecule has 0 aliphatic carbocycles. The van der Waals surface area contributed by atoms with E-state index in [1.54, 1.807) is 13.0 Å². The van der Waals surface area contributed by atoms with Crippen LogP contribution in [0, 0.1) is 12.8 Å². The Hall–Kier alpha value is -1.76. The summed E-state index contributed by atoms with van der Waals surface area (Å²) in [7, 11) is 0. The molecular weight excluding hydrogens is 301 g/mol. The summed E-state index contributed by atoms with van der Waals surface area (Å²) < 4.78 is 13.9. The Morgan fingerprint density at radius 1 is 1.48 bits per heavy atom. The fraction of sp³-hybridized carbons (Fsp3) is 0.688. The van der Waals surface area contributed by atoms with Gasteiger partial charge in [0.2, 0.25) is 0 Å². The lowest BCUT2D eigenvalue weighted by atomic mass is 10.0. The lowest BCUT2D eigenvalue weighted by molar-refractivity contribution is -0.141. The number of carboxylic acid groups (broad SMARTS) is 1. The molecule has 1 aliphatic heterocycles. The molecule has 1 N–H and O–H groups in total. The standard InChI is InChI=1S/C16H24FN3O3/c1-10(2)6-14(16(22)23)20-15(21)11(3)7-13(18-20)4-5-19-8-12(17)9-19/h7,10,12,14H,4-6,8-9H2,1-3H3,(H,22,23)/t14-/m0/s1. The molecule has 0 unspecified atom stereocenters. The van der Waals surface area contributed by atoms with E-state index in [-0.39, 0.29) is 11.5 Å². The topological polar surface area (TPSA) is 75.4 Å². The molecule has 1 saturated heterocycles. The van der Waals surface area contributed by atoms with Gasteiger partial charge in [-0.25, -0.2) is 13.9 Å². The number of likely N-dealkylation sites (tertiary alicyclic amines) is 1. The molecule has 0 radical (unpaired) electrons. The quantitative estimate of drug-likeness (QED) is 0.820. The molecule has 0 amide bonds. The average molecular weight is 325 g/mol. The smallest absolute Gasteiger partial charge is 0.328 e. The molecule has 0 bridgehead atoms. The van der Waals surface area contributed by atoms with Gasteiger partial charge in [0.15, 0.2) is 6.04 Å². The molecular formula is C16H24FN3O3. The van der Waals surface area contributed by atoms with Crippen molar-refractivity contribution in [2.24, 2.45) is 5.92 Å². The zero-order valence-corrected chi connectivity index (χ0v) is 13.8. The molecule has 23 heavy (non-hydrogen) atoms. The molecule has 0 spiro atoms. The van der Waals surface area contributed by atoms with Crippen LogP contribution in [0.1, 0.15) is 37.6 Å². The number of aromatic nitrogens is 2. The third-order valence-corrected chi connectivity index (χ3v) is 4.04. The van der Waals surface area contributed by atoms with Gasteiger partial charge in [-0.15, -0.1) is 0 Å². The number of rotatable bonds is 7. The number of hydrogen-bond donors (Lipinski definition) is 1. The lowest BCUT2D eigenvalue weighted by Crippen LogP contribution is -2.49. The first-order valence-electron chi connectivity index (χ1n) is 7.96. The Bertz CT molecular complexity index is 623. The van der Waals surface area contributed by atoms with E-state index in [9.17, 15) is 19.1 Å². The molecule has 2 heterocycles. The van der Waals surface area contributed by atoms with Gasteiger partial charge in [0, 0.05) is 31.6 Å². The summed E-state index contributed by atoms with van der Waals surface area (Å²) in [6.45, 7) is 7.02. The Balaban J connectivity index is 2.20. The summed E-state index contributed by atoms with van der Waals surface area (Å²) in [5, 5.41) is 13.7. The van der Waals surface area contributed by atoms with Crippen LogP contribution in [0.2, 0.25) is 0 Å². The van der Waals surface area contributed by atoms with Crippen molar-refractivity contribution < 1.29 is 14.3 Å². The van der Waals surface area contributed by atoms with Crippen molar-refractivity contribution in [3.05, 3.63) is 27.7 Å². The number of carbonyl (C=O) groups is 1. The van der Waals surface area contributed by atoms with Crippen LogP contribution in [0.4, 0.5) is 4.39 Å². The summed E-state index contributed by atoms with van der Waals surface area (Å²) in [6, 6.07) is 0.736. The van der Waals surface area contributed by atoms with Crippen LogP contribution in [-0.4, -0.2) is 51.6 Å². The van der Waals surface area contributed by atoms with E-state index in [0.717, 1.165) is 4.68 Å². The van der Waals surface area contributed by atoms with Crippen molar-refractivity contribution in [1.82, 2.24) is 14.7 Å². The van der Waals surface area contributed by atoms with Gasteiger partial charge in [0.05, 0.1) is 5.69 Å². The van der Waals surface area contributed by atoms with Gasteiger partial charge in [0.1, 0.15) is 6.17 Å². The van der Waals surface area contributed by atoms with Gasteiger partial charge in [-0.05, 0) is 25.3 Å². The minimum atomic E-state index is -1.05. The lowest BCUT2D eigenvalue weighted by Gasteiger charge is -2.34. The molecule has 0 aromatic carbocycles. The second-order valence-corrected chi connectivity index (χ2v) is 6.66. The third-order valence-electron chi connectivity index (χ3n) is 4.04. The van der Waals surface area contributed by atoms with Crippen molar-refractivity contribution in [2.75, 3.05) is 19.6 Å². The molecule has 1 aliphatic rings. The molecule has 0 saturated carbocycles. The van der Waals surface area contributed by atoms with Crippen LogP contribution in [-0.2, 0) is 11.2 Å². The number of alkyl halides is 1. The Labute approximate surface area is 134 Å². The predicted octanol–water partition coefficient (Wildman–Crippen LogP) is 1.42. The summed E-state index contributed by atoms with van der Waals surface area (Å²) >= 11 is 0. The maximum Gasteiger partial charge on any atom is 0.328 e. The van der Waals surface area contributed by atoms with E-state index in [2.05, 4.69) is 5.10 Å². The number of nitrogens with zero attached hydrogens (tertiary/aromatic N) is 3. The van der Waals surface area contributed by atoms with Crippen LogP contribution >= 0.6 is 0 Å². The van der Waals surface area contributed by atoms with E-state index >= 15 is 0 Å². The second-order valence-electron chi connectivity index (χ2n) is 6.66. The monoisotopic (exact) mass is 325 g/mol. The average Bonchev–Trinajstić information content (AvgIpc) is 2.43. The van der Waals surface area contributed by atoms with E-state index in [1.807, 2.05) is 18.7 Å². The van der Waals surface area contributed by atoms with E-state index in [4.69, 9.17) is 0 Å². The van der Waals surface area contributed by atoms with Crippen molar-refractivity contribution in [3.8, 4) is 0 Å². The van der Waals surface area contributed by atoms with Crippen LogP contribution in [0.25, 0.3) is 0 Å². The molecule has 1 atom stereocenters. The molecule has 128 valence electrons. The Kier molecular flexibility index (Phi) is 5.51. The highest BCUT2D eigenvalue weighted by molar-refractivity contribution is 5.71. The molecule has 1 aromatic heterocycles. The van der Waals surface area contributed by atoms with Gasteiger partial charge in [0.25, 0.3) is 5.56 Å². The highest BCUT2D eigenvalue weighted by Gasteiger charge is 2.27. The first kappa shape index (κ1) is 17.6. The van der Waals surface area contributed by atoms with E-state index < -0.39 is 18.2 Å². The van der Waals surface area contributed by atoms with Crippen molar-refractivity contribution in [3.63, 3.8) is 0 Å². The summed E-state index contributed by atoms with van der Waals surface area (Å²) in [5.41, 5.74) is 0.783. The number of aryl methyl sites for hydroxylation is 1. The van der Waals surface area contributed by atoms with Gasteiger partial charge in [-0.1, -0.05) is 13.8 Å². The van der Waals surface area contributed by atoms with E-state index in [0.29, 0.717) is 43.7 Å². The highest BCUT2D eigenvalue weighted by Crippen LogP contribution is 2.16. The number of aliphatic carboxylic acids is 1. The fourth-order valence-electron chi connectivity index (χ4n) is 2.75. The van der Waals surface area contributed by atoms with Gasteiger partial charge in [-0.2, -0.15) is 5.10 Å². The normalized spacial score (nSPS) is 17.3. The van der Waals surface area contributed by atoms with Gasteiger partial charge in [-0.3, -0.25) is 9.69 Å². The largest absolute Gasteiger partial charge is 0.480 e. The number of carboxylic acids is 1. The third kappa shape index (κ3) is 4.37. The molecule has 2 rings (SSSR count). The van der Waals surface area contributed by atoms with Gasteiger partial charge < -0.3 is 5.11 Å². The van der Waals surface area contributed by atoms with Crippen LogP contribution in [0.5, 0.6) is 0 Å². The minimum absolute atomic E-state index is 0.135. The number of halogens is 1. The molecule has 7 heteroatoms. The first-order valence-corrected chi connectivity index (χ1v) is 7.96. The SMILES string of the molecule is Cc1cc(CCN2CC(F)C2)nn([C@@H](CC(C)C)C(=O)O)c1=O. The Morgan fingerprint density at radius 3 is 2.65 bits per heavy atom. The van der Waals surface area contributed by atoms with Crippen molar-refractivity contribution >= 4 is 5.97 Å². The molecule has 1 aromatic rings. The predicted molar refractivity (Wildman–Crippen MR) is 84.4 cm³/mol. The van der Waals surface area contributed by atoms with Crippen molar-refractivity contribution in [1.29, 1.82) is 0 Å². The maximum atomic E-state index is 12.8. The zero-order valence-electron chi connectivity index (χ0n) is 13.8. The zero-order chi connectivity index (χ0) is 17.1. The van der Waals surface area contributed by atoms with Crippen LogP contribution in [0.3, 0.4) is 0 Å². The van der Waals surface area contributed by atoms with Crippen molar-refractivity contribution in [2.45, 2.75) is 45.8 Å². The highest BCUT2D eigenvalue weighted by atomic mass is 19.1. The molecule has 6 nitrogen and oxygen atoms in total. The summed E-state index contributed by atoms with van der Waals surface area (Å²) in [4.78, 5) is 25.8. The van der Waals surface area contributed by atoms with Crippen LogP contribution < -0.4 is 5.56 Å². The second kappa shape index (κ2) is 7.21. The van der Waals surface area contributed by atoms with E-state index in [1.165, 1.54) is 0 Å². The minimum Gasteiger partial charge on any atom is -0.480 e. The molecule has 1 fully saturated rings. The fourth-order valence-corrected chi connectivity index (χ4v) is 2.75.